The quantitative estimate of drug-likeness (QED) is 0.0379. The van der Waals surface area contributed by atoms with Gasteiger partial charge in [-0.2, -0.15) is 0 Å². The minimum Gasteiger partial charge on any atom is -0.492 e. The fraction of sp³-hybridized carbons (Fsp3) is 0.697. The van der Waals surface area contributed by atoms with Crippen molar-refractivity contribution in [2.24, 2.45) is 0 Å². The van der Waals surface area contributed by atoms with Crippen LogP contribution in [0.4, 0.5) is 0 Å². The van der Waals surface area contributed by atoms with Crippen molar-refractivity contribution >= 4 is 16.1 Å². The summed E-state index contributed by atoms with van der Waals surface area (Å²) in [5, 5.41) is 0. The third-order valence-electron chi connectivity index (χ3n) is 12.8. The summed E-state index contributed by atoms with van der Waals surface area (Å²) in [5.41, 5.74) is 10.5. The third-order valence-corrected chi connectivity index (χ3v) is 14.5. The van der Waals surface area contributed by atoms with E-state index in [0.717, 1.165) is 83.8 Å². The zero-order chi connectivity index (χ0) is 52.4. The van der Waals surface area contributed by atoms with Gasteiger partial charge in [-0.25, -0.2) is 0 Å². The number of unbranched alkanes of at least 4 members (excludes halogenated alkanes) is 28. The molecule has 0 saturated carbocycles. The third kappa shape index (κ3) is 33.9. The molecule has 2 aromatic carbocycles. The fourth-order valence-corrected chi connectivity index (χ4v) is 9.39. The smallest absolute Gasteiger partial charge is 0.136 e. The van der Waals surface area contributed by atoms with Crippen LogP contribution in [0.2, 0.25) is 39.3 Å². The lowest BCUT2D eigenvalue weighted by molar-refractivity contribution is 0.295. The van der Waals surface area contributed by atoms with Crippen LogP contribution in [0, 0.1) is 46.6 Å². The molecule has 6 heteroatoms. The highest BCUT2D eigenvalue weighted by Gasteiger charge is 2.15. The van der Waals surface area contributed by atoms with Crippen molar-refractivity contribution in [1.29, 1.82) is 0 Å². The van der Waals surface area contributed by atoms with Gasteiger partial charge in [-0.15, -0.1) is 11.1 Å². The highest BCUT2D eigenvalue weighted by Crippen LogP contribution is 2.31. The molecule has 0 aliphatic carbocycles. The number of ether oxygens (including phenoxy) is 4. The predicted molar refractivity (Wildman–Crippen MR) is 320 cm³/mol. The van der Waals surface area contributed by atoms with Crippen molar-refractivity contribution in [1.82, 2.24) is 0 Å². The first-order chi connectivity index (χ1) is 34.9. The molecule has 0 bridgehead atoms. The molecule has 0 fully saturated rings. The van der Waals surface area contributed by atoms with Crippen molar-refractivity contribution in [2.75, 3.05) is 26.4 Å². The van der Waals surface area contributed by atoms with Crippen molar-refractivity contribution in [3.63, 3.8) is 0 Å². The fourth-order valence-electron chi connectivity index (χ4n) is 8.37. The van der Waals surface area contributed by atoms with Gasteiger partial charge in [0.2, 0.25) is 0 Å². The topological polar surface area (TPSA) is 36.9 Å². The monoisotopic (exact) mass is 1020 g/mol. The van der Waals surface area contributed by atoms with Gasteiger partial charge < -0.3 is 18.9 Å². The van der Waals surface area contributed by atoms with E-state index < -0.39 is 16.1 Å². The maximum atomic E-state index is 6.59. The molecule has 0 aromatic heterocycles. The second-order valence-corrected chi connectivity index (χ2v) is 32.0. The van der Waals surface area contributed by atoms with Crippen LogP contribution in [-0.4, -0.2) is 42.6 Å². The summed E-state index contributed by atoms with van der Waals surface area (Å²) in [6.45, 7) is 25.4. The maximum absolute atomic E-state index is 6.59. The van der Waals surface area contributed by atoms with Crippen LogP contribution in [0.1, 0.15) is 255 Å². The van der Waals surface area contributed by atoms with Crippen LogP contribution in [0.15, 0.2) is 24.3 Å². The van der Waals surface area contributed by atoms with E-state index in [0.29, 0.717) is 26.4 Å². The minimum absolute atomic E-state index is 0.642. The van der Waals surface area contributed by atoms with Crippen molar-refractivity contribution < 1.29 is 18.9 Å². The second-order valence-electron chi connectivity index (χ2n) is 22.5. The maximum Gasteiger partial charge on any atom is 0.136 e. The van der Waals surface area contributed by atoms with Gasteiger partial charge in [0.1, 0.15) is 39.1 Å². The Morgan fingerprint density at radius 2 is 0.472 bits per heavy atom. The van der Waals surface area contributed by atoms with Gasteiger partial charge >= 0.3 is 0 Å². The van der Waals surface area contributed by atoms with E-state index in [1.54, 1.807) is 0 Å². The molecule has 0 unspecified atom stereocenters. The van der Waals surface area contributed by atoms with Crippen LogP contribution >= 0.6 is 0 Å². The molecule has 4 nitrogen and oxygen atoms in total. The Labute approximate surface area is 447 Å². The lowest BCUT2D eigenvalue weighted by Gasteiger charge is -2.14. The number of hydrogen-bond acceptors (Lipinski definition) is 4. The van der Waals surface area contributed by atoms with E-state index in [1.807, 2.05) is 0 Å². The molecule has 0 N–H and O–H groups in total. The number of rotatable bonds is 40. The van der Waals surface area contributed by atoms with Gasteiger partial charge in [0.15, 0.2) is 0 Å². The summed E-state index contributed by atoms with van der Waals surface area (Å²) < 4.78 is 26.3. The number of hydrogen-bond donors (Lipinski definition) is 0. The van der Waals surface area contributed by atoms with Gasteiger partial charge in [0.05, 0.1) is 48.7 Å². The average molecular weight is 1020 g/mol. The van der Waals surface area contributed by atoms with Crippen LogP contribution in [0.3, 0.4) is 0 Å². The van der Waals surface area contributed by atoms with Crippen molar-refractivity contribution in [2.45, 2.75) is 272 Å². The zero-order valence-corrected chi connectivity index (χ0v) is 50.4. The predicted octanol–water partition coefficient (Wildman–Crippen LogP) is 19.6. The Balaban J connectivity index is 2.54. The van der Waals surface area contributed by atoms with Gasteiger partial charge in [-0.05, 0) is 49.4 Å². The van der Waals surface area contributed by atoms with E-state index in [4.69, 9.17) is 18.9 Å². The van der Waals surface area contributed by atoms with Gasteiger partial charge in [-0.3, -0.25) is 0 Å². The van der Waals surface area contributed by atoms with Crippen LogP contribution < -0.4 is 18.9 Å². The Kier molecular flexibility index (Phi) is 37.3. The highest BCUT2D eigenvalue weighted by molar-refractivity contribution is 6.84. The molecular weight excluding hydrogens is 913 g/mol. The SMILES string of the molecule is CCCCCCCCCCOc1cc(C#C[Si](C)(C)C)c(OCCCCCCCCCC)cc1C#CC#Cc1cc(OCCCCCCCCCC)c(C#C[Si](C)(C)C)cc1OCCCCCCCCCC. The normalized spacial score (nSPS) is 11.1. The first-order valence-electron chi connectivity index (χ1n) is 29.9. The van der Waals surface area contributed by atoms with Crippen molar-refractivity contribution in [3.05, 3.63) is 46.5 Å². The molecule has 0 heterocycles. The summed E-state index contributed by atoms with van der Waals surface area (Å²) in [6, 6.07) is 8.26. The Morgan fingerprint density at radius 3 is 0.681 bits per heavy atom. The van der Waals surface area contributed by atoms with E-state index in [-0.39, 0.29) is 0 Å². The minimum atomic E-state index is -1.66. The molecule has 2 aromatic rings. The van der Waals surface area contributed by atoms with Gasteiger partial charge in [0.25, 0.3) is 0 Å². The molecule has 0 aliphatic rings. The second kappa shape index (κ2) is 41.6. The molecule has 0 amide bonds. The zero-order valence-electron chi connectivity index (χ0n) is 48.4. The van der Waals surface area contributed by atoms with Crippen LogP contribution in [-0.2, 0) is 0 Å². The van der Waals surface area contributed by atoms with E-state index >= 15 is 0 Å². The largest absolute Gasteiger partial charge is 0.492 e. The molecule has 0 atom stereocenters. The molecule has 2 rings (SSSR count). The summed E-state index contributed by atoms with van der Waals surface area (Å²) in [4.78, 5) is 0. The van der Waals surface area contributed by atoms with Gasteiger partial charge in [-0.1, -0.05) is 259 Å². The molecule has 0 radical (unpaired) electrons. The number of benzene rings is 2. The van der Waals surface area contributed by atoms with E-state index in [1.165, 1.54) is 167 Å². The summed E-state index contributed by atoms with van der Waals surface area (Å²) >= 11 is 0. The lowest BCUT2D eigenvalue weighted by atomic mass is 10.1. The van der Waals surface area contributed by atoms with Crippen LogP contribution in [0.25, 0.3) is 0 Å². The first-order valence-corrected chi connectivity index (χ1v) is 36.9. The standard InChI is InChI=1S/C66H106O4Si2/c1-11-15-19-23-27-31-35-41-49-67-63-57-61(47-53-71(5,6)7)65(69-51-43-37-33-29-25-21-17-13-3)55-59(63)45-39-40-46-60-56-66(70-52-44-38-34-30-26-22-18-14-4)62(48-54-72(8,9)10)58-64(60)68-50-42-36-32-28-24-20-16-12-2/h55-58H,11-38,41-44,49-52H2,1-10H3. The van der Waals surface area contributed by atoms with E-state index in [2.05, 4.69) is 138 Å². The molecule has 0 saturated heterocycles. The summed E-state index contributed by atoms with van der Waals surface area (Å²) in [5.74, 6) is 23.4. The Hall–Kier alpha value is -3.69. The molecule has 0 spiro atoms. The molecule has 72 heavy (non-hydrogen) atoms. The first kappa shape index (κ1) is 64.4. The van der Waals surface area contributed by atoms with Crippen molar-refractivity contribution in [3.8, 4) is 69.6 Å². The average Bonchev–Trinajstić information content (AvgIpc) is 3.34. The van der Waals surface area contributed by atoms with Gasteiger partial charge in [0, 0.05) is 24.3 Å². The Morgan fingerprint density at radius 1 is 0.278 bits per heavy atom. The molecular formula is C66H106O4Si2. The van der Waals surface area contributed by atoms with E-state index in [9.17, 15) is 0 Å². The summed E-state index contributed by atoms with van der Waals surface area (Å²) in [7, 11) is -3.32. The lowest BCUT2D eigenvalue weighted by Crippen LogP contribution is -2.16. The Bertz CT molecular complexity index is 1830. The molecule has 402 valence electrons. The van der Waals surface area contributed by atoms with Crippen LogP contribution in [0.5, 0.6) is 23.0 Å². The summed E-state index contributed by atoms with van der Waals surface area (Å²) in [6.07, 6.45) is 40.1. The highest BCUT2D eigenvalue weighted by atomic mass is 28.3. The molecule has 0 aliphatic heterocycles.